The molecule has 1 aromatic carbocycles. The molecule has 1 saturated heterocycles. The molecule has 1 fully saturated rings. The van der Waals surface area contributed by atoms with Gasteiger partial charge >= 0.3 is 12.2 Å². The molecule has 2 N–H and O–H groups in total. The molecule has 27 heavy (non-hydrogen) atoms. The average molecular weight is 379 g/mol. The monoisotopic (exact) mass is 379 g/mol. The zero-order chi connectivity index (χ0) is 19.3. The van der Waals surface area contributed by atoms with Crippen LogP contribution in [0.25, 0.3) is 0 Å². The molecule has 6 nitrogen and oxygen atoms in total. The molecule has 1 aromatic heterocycles. The fraction of sp³-hybridized carbons (Fsp3) is 0.389. The number of urea groups is 1. The van der Waals surface area contributed by atoms with Crippen LogP contribution in [0.2, 0.25) is 0 Å². The second-order valence-corrected chi connectivity index (χ2v) is 6.40. The van der Waals surface area contributed by atoms with Gasteiger partial charge in [-0.25, -0.2) is 9.78 Å². The van der Waals surface area contributed by atoms with E-state index >= 15 is 0 Å². The fourth-order valence-electron chi connectivity index (χ4n) is 2.98. The van der Waals surface area contributed by atoms with Gasteiger partial charge in [-0.05, 0) is 43.0 Å². The number of halogens is 3. The van der Waals surface area contributed by atoms with Gasteiger partial charge in [0.05, 0.1) is 11.8 Å². The summed E-state index contributed by atoms with van der Waals surface area (Å²) in [5, 5.41) is 5.33. The van der Waals surface area contributed by atoms with Gasteiger partial charge in [-0.2, -0.15) is 13.2 Å². The Morgan fingerprint density at radius 1 is 1.15 bits per heavy atom. The van der Waals surface area contributed by atoms with Gasteiger partial charge in [0.15, 0.2) is 0 Å². The number of carbonyl (C=O) groups is 1. The van der Waals surface area contributed by atoms with E-state index in [9.17, 15) is 18.0 Å². The molecule has 0 spiro atoms. The topological polar surface area (TPSA) is 70.2 Å². The summed E-state index contributed by atoms with van der Waals surface area (Å²) in [6, 6.07) is 3.94. The van der Waals surface area contributed by atoms with E-state index in [1.54, 1.807) is 18.6 Å². The van der Waals surface area contributed by atoms with E-state index in [0.717, 1.165) is 43.9 Å². The van der Waals surface area contributed by atoms with Gasteiger partial charge in [-0.1, -0.05) is 0 Å². The van der Waals surface area contributed by atoms with Crippen molar-refractivity contribution in [2.75, 3.05) is 29.9 Å². The highest BCUT2D eigenvalue weighted by atomic mass is 19.4. The summed E-state index contributed by atoms with van der Waals surface area (Å²) in [6.45, 7) is 2.19. The second-order valence-electron chi connectivity index (χ2n) is 6.40. The number of amides is 2. The first kappa shape index (κ1) is 18.9. The van der Waals surface area contributed by atoms with Crippen LogP contribution in [-0.2, 0) is 6.18 Å². The van der Waals surface area contributed by atoms with Crippen LogP contribution in [0, 0.1) is 5.92 Å². The summed E-state index contributed by atoms with van der Waals surface area (Å²) in [4.78, 5) is 22.5. The number of nitrogens with one attached hydrogen (secondary N) is 2. The Labute approximate surface area is 154 Å². The first-order valence-electron chi connectivity index (χ1n) is 8.65. The molecular formula is C18H20F3N5O. The van der Waals surface area contributed by atoms with Crippen LogP contribution in [0.15, 0.2) is 42.9 Å². The molecule has 1 aliphatic heterocycles. The smallest absolute Gasteiger partial charge is 0.355 e. The van der Waals surface area contributed by atoms with Crippen LogP contribution >= 0.6 is 0 Å². The summed E-state index contributed by atoms with van der Waals surface area (Å²) >= 11 is 0. The van der Waals surface area contributed by atoms with Gasteiger partial charge in [-0.15, -0.1) is 0 Å². The van der Waals surface area contributed by atoms with E-state index in [2.05, 4.69) is 25.5 Å². The van der Waals surface area contributed by atoms with Gasteiger partial charge < -0.3 is 15.5 Å². The van der Waals surface area contributed by atoms with Gasteiger partial charge in [-0.3, -0.25) is 4.98 Å². The number of hydrogen-bond donors (Lipinski definition) is 2. The molecule has 2 aromatic rings. The Balaban J connectivity index is 1.41. The summed E-state index contributed by atoms with van der Waals surface area (Å²) in [5.41, 5.74) is -0.429. The minimum Gasteiger partial charge on any atom is -0.355 e. The molecule has 0 radical (unpaired) electrons. The Kier molecular flexibility index (Phi) is 5.78. The number of rotatable bonds is 4. The summed E-state index contributed by atoms with van der Waals surface area (Å²) < 4.78 is 37.6. The van der Waals surface area contributed by atoms with Crippen molar-refractivity contribution in [2.24, 2.45) is 5.92 Å². The average Bonchev–Trinajstić information content (AvgIpc) is 2.67. The number of alkyl halides is 3. The van der Waals surface area contributed by atoms with Crippen LogP contribution in [0.4, 0.5) is 29.5 Å². The van der Waals surface area contributed by atoms with Crippen molar-refractivity contribution in [3.63, 3.8) is 0 Å². The third-order valence-corrected chi connectivity index (χ3v) is 4.51. The van der Waals surface area contributed by atoms with Crippen LogP contribution in [-0.4, -0.2) is 35.6 Å². The molecule has 144 valence electrons. The van der Waals surface area contributed by atoms with Crippen LogP contribution in [0.3, 0.4) is 0 Å². The standard InChI is InChI=1S/C18H20F3N5O/c19-18(20,21)14-1-3-15(4-2-14)25-17(27)24-11-13-5-9-26(10-6-13)16-12-22-7-8-23-16/h1-4,7-8,12-13H,5-6,9-11H2,(H2,24,25,27). The van der Waals surface area contributed by atoms with Crippen LogP contribution in [0.5, 0.6) is 0 Å². The highest BCUT2D eigenvalue weighted by Crippen LogP contribution is 2.29. The molecule has 2 heterocycles. The maximum Gasteiger partial charge on any atom is 0.416 e. The molecule has 0 atom stereocenters. The Hall–Kier alpha value is -2.84. The van der Waals surface area contributed by atoms with E-state index in [1.807, 2.05) is 0 Å². The quantitative estimate of drug-likeness (QED) is 0.853. The molecule has 2 amide bonds. The lowest BCUT2D eigenvalue weighted by atomic mass is 9.97. The fourth-order valence-corrected chi connectivity index (χ4v) is 2.98. The minimum absolute atomic E-state index is 0.318. The highest BCUT2D eigenvalue weighted by Gasteiger charge is 2.30. The number of nitrogens with zero attached hydrogens (tertiary/aromatic N) is 3. The highest BCUT2D eigenvalue weighted by molar-refractivity contribution is 5.89. The number of benzene rings is 1. The summed E-state index contributed by atoms with van der Waals surface area (Å²) in [6.07, 6.45) is 2.47. The van der Waals surface area contributed by atoms with Gasteiger partial charge in [0.1, 0.15) is 5.82 Å². The Morgan fingerprint density at radius 2 is 1.85 bits per heavy atom. The molecule has 0 saturated carbocycles. The first-order valence-corrected chi connectivity index (χ1v) is 8.65. The third-order valence-electron chi connectivity index (χ3n) is 4.51. The van der Waals surface area contributed by atoms with E-state index in [0.29, 0.717) is 18.2 Å². The lowest BCUT2D eigenvalue weighted by Crippen LogP contribution is -2.40. The van der Waals surface area contributed by atoms with Crippen LogP contribution in [0.1, 0.15) is 18.4 Å². The van der Waals surface area contributed by atoms with Gasteiger partial charge in [0.25, 0.3) is 0 Å². The van der Waals surface area contributed by atoms with Crippen molar-refractivity contribution < 1.29 is 18.0 Å². The Morgan fingerprint density at radius 3 is 2.44 bits per heavy atom. The second kappa shape index (κ2) is 8.24. The zero-order valence-electron chi connectivity index (χ0n) is 14.5. The zero-order valence-corrected chi connectivity index (χ0v) is 14.5. The maximum atomic E-state index is 12.5. The predicted octanol–water partition coefficient (Wildman–Crippen LogP) is 3.53. The lowest BCUT2D eigenvalue weighted by Gasteiger charge is -2.32. The minimum atomic E-state index is -4.39. The molecule has 3 rings (SSSR count). The lowest BCUT2D eigenvalue weighted by molar-refractivity contribution is -0.137. The van der Waals surface area contributed by atoms with E-state index in [1.165, 1.54) is 12.1 Å². The number of hydrogen-bond acceptors (Lipinski definition) is 4. The Bertz CT molecular complexity index is 744. The molecule has 1 aliphatic rings. The van der Waals surface area contributed by atoms with Gasteiger partial charge in [0, 0.05) is 37.7 Å². The largest absolute Gasteiger partial charge is 0.416 e. The van der Waals surface area contributed by atoms with Crippen LogP contribution < -0.4 is 15.5 Å². The van der Waals surface area contributed by atoms with E-state index in [4.69, 9.17) is 0 Å². The number of aromatic nitrogens is 2. The van der Waals surface area contributed by atoms with Crippen molar-refractivity contribution in [3.05, 3.63) is 48.4 Å². The van der Waals surface area contributed by atoms with Crippen molar-refractivity contribution in [2.45, 2.75) is 19.0 Å². The number of anilines is 2. The normalized spacial score (nSPS) is 15.4. The summed E-state index contributed by atoms with van der Waals surface area (Å²) in [7, 11) is 0. The maximum absolute atomic E-state index is 12.5. The molecule has 0 aliphatic carbocycles. The predicted molar refractivity (Wildman–Crippen MR) is 95.4 cm³/mol. The molecule has 9 heteroatoms. The van der Waals surface area contributed by atoms with Gasteiger partial charge in [0.2, 0.25) is 0 Å². The molecule has 0 unspecified atom stereocenters. The summed E-state index contributed by atoms with van der Waals surface area (Å²) in [5.74, 6) is 1.19. The number of piperidine rings is 1. The van der Waals surface area contributed by atoms with Crippen molar-refractivity contribution >= 4 is 17.5 Å². The molecule has 0 bridgehead atoms. The third kappa shape index (κ3) is 5.32. The first-order chi connectivity index (χ1) is 12.9. The van der Waals surface area contributed by atoms with Crippen molar-refractivity contribution in [1.82, 2.24) is 15.3 Å². The van der Waals surface area contributed by atoms with E-state index < -0.39 is 17.8 Å². The van der Waals surface area contributed by atoms with Crippen molar-refractivity contribution in [1.29, 1.82) is 0 Å². The van der Waals surface area contributed by atoms with E-state index in [-0.39, 0.29) is 0 Å². The number of carbonyl (C=O) groups excluding carboxylic acids is 1. The SMILES string of the molecule is O=C(NCC1CCN(c2cnccn2)CC1)Nc1ccc(C(F)(F)F)cc1. The van der Waals surface area contributed by atoms with Crippen molar-refractivity contribution in [3.8, 4) is 0 Å². The molecular weight excluding hydrogens is 359 g/mol.